The Bertz CT molecular complexity index is 1020. The minimum atomic E-state index is -1.38. The highest BCUT2D eigenvalue weighted by atomic mass is 16.5. The Morgan fingerprint density at radius 1 is 1.15 bits per heavy atom. The van der Waals surface area contributed by atoms with Gasteiger partial charge in [-0.3, -0.25) is 19.2 Å². The first kappa shape index (κ1) is 25.0. The lowest BCUT2D eigenvalue weighted by molar-refractivity contribution is -0.149. The van der Waals surface area contributed by atoms with Crippen molar-refractivity contribution < 1.29 is 29.0 Å². The molecule has 1 atom stereocenters. The number of amides is 2. The molecule has 0 spiro atoms. The van der Waals surface area contributed by atoms with Crippen molar-refractivity contribution in [1.29, 1.82) is 0 Å². The molecule has 6 N–H and O–H groups in total. The fraction of sp³-hybridized carbons (Fsp3) is 0.227. The van der Waals surface area contributed by atoms with Crippen molar-refractivity contribution in [3.63, 3.8) is 0 Å². The van der Waals surface area contributed by atoms with Gasteiger partial charge in [0, 0.05) is 11.3 Å². The summed E-state index contributed by atoms with van der Waals surface area (Å²) in [6.07, 6.45) is 1.20. The van der Waals surface area contributed by atoms with Crippen molar-refractivity contribution in [2.24, 2.45) is 16.8 Å². The third-order valence-corrected chi connectivity index (χ3v) is 4.37. The van der Waals surface area contributed by atoms with E-state index in [1.54, 1.807) is 55.5 Å². The number of carbonyl (C=O) groups excluding carboxylic acids is 3. The fourth-order valence-electron chi connectivity index (χ4n) is 2.79. The SMILES string of the molecule is CCOC(=O)CNC(=O)C(Cc1ccc(NC(=O)c2cccc(N=CNN)c2)cc1)C(=O)O. The van der Waals surface area contributed by atoms with Crippen molar-refractivity contribution >= 4 is 41.5 Å². The number of nitrogens with zero attached hydrogens (tertiary/aromatic N) is 1. The number of aliphatic carboxylic acids is 1. The first-order valence-corrected chi connectivity index (χ1v) is 9.99. The lowest BCUT2D eigenvalue weighted by Gasteiger charge is -2.13. The number of anilines is 1. The number of carbonyl (C=O) groups is 4. The van der Waals surface area contributed by atoms with Crippen molar-refractivity contribution in [3.8, 4) is 0 Å². The molecule has 0 heterocycles. The summed E-state index contributed by atoms with van der Waals surface area (Å²) >= 11 is 0. The number of hydrogen-bond acceptors (Lipinski definition) is 7. The van der Waals surface area contributed by atoms with E-state index in [2.05, 4.69) is 21.1 Å². The Hall–Kier alpha value is -4.25. The maximum atomic E-state index is 12.5. The summed E-state index contributed by atoms with van der Waals surface area (Å²) in [5, 5.41) is 14.4. The molecule has 0 aliphatic heterocycles. The second-order valence-corrected chi connectivity index (χ2v) is 6.74. The van der Waals surface area contributed by atoms with Crippen LogP contribution in [-0.2, 0) is 25.5 Å². The van der Waals surface area contributed by atoms with Gasteiger partial charge in [0.15, 0.2) is 0 Å². The first-order chi connectivity index (χ1) is 15.8. The van der Waals surface area contributed by atoms with Crippen LogP contribution in [-0.4, -0.2) is 48.3 Å². The zero-order chi connectivity index (χ0) is 24.2. The van der Waals surface area contributed by atoms with Gasteiger partial charge in [0.25, 0.3) is 5.91 Å². The first-order valence-electron chi connectivity index (χ1n) is 9.99. The van der Waals surface area contributed by atoms with Crippen LogP contribution >= 0.6 is 0 Å². The van der Waals surface area contributed by atoms with Crippen molar-refractivity contribution in [2.45, 2.75) is 13.3 Å². The number of aliphatic imine (C=N–C) groups is 1. The monoisotopic (exact) mass is 455 g/mol. The third kappa shape index (κ3) is 8.07. The average Bonchev–Trinajstić information content (AvgIpc) is 2.80. The number of carboxylic acid groups (broad SMARTS) is 1. The van der Waals surface area contributed by atoms with Gasteiger partial charge in [-0.05, 0) is 49.2 Å². The predicted octanol–water partition coefficient (Wildman–Crippen LogP) is 0.985. The molecule has 0 radical (unpaired) electrons. The van der Waals surface area contributed by atoms with E-state index in [1.165, 1.54) is 6.34 Å². The molecule has 2 amide bonds. The second kappa shape index (κ2) is 12.6. The van der Waals surface area contributed by atoms with E-state index >= 15 is 0 Å². The Balaban J connectivity index is 2.00. The van der Waals surface area contributed by atoms with Crippen LogP contribution < -0.4 is 21.9 Å². The molecular formula is C22H25N5O6. The van der Waals surface area contributed by atoms with Crippen LogP contribution in [0.5, 0.6) is 0 Å². The van der Waals surface area contributed by atoms with Crippen LogP contribution in [0.15, 0.2) is 53.5 Å². The molecule has 11 heteroatoms. The molecule has 174 valence electrons. The molecule has 0 saturated carbocycles. The Morgan fingerprint density at radius 2 is 1.88 bits per heavy atom. The Labute approximate surface area is 190 Å². The number of rotatable bonds is 11. The normalized spacial score (nSPS) is 11.5. The van der Waals surface area contributed by atoms with E-state index in [9.17, 15) is 24.3 Å². The molecular weight excluding hydrogens is 430 g/mol. The van der Waals surface area contributed by atoms with Crippen LogP contribution in [0.4, 0.5) is 11.4 Å². The van der Waals surface area contributed by atoms with Gasteiger partial charge < -0.3 is 25.9 Å². The van der Waals surface area contributed by atoms with Crippen LogP contribution in [0.2, 0.25) is 0 Å². The number of ether oxygens (including phenoxy) is 1. The number of nitrogens with one attached hydrogen (secondary N) is 3. The highest BCUT2D eigenvalue weighted by Crippen LogP contribution is 2.17. The van der Waals surface area contributed by atoms with Crippen LogP contribution in [0, 0.1) is 5.92 Å². The molecule has 0 aromatic heterocycles. The summed E-state index contributed by atoms with van der Waals surface area (Å²) in [6.45, 7) is 1.38. The molecule has 0 bridgehead atoms. The molecule has 33 heavy (non-hydrogen) atoms. The van der Waals surface area contributed by atoms with E-state index in [0.717, 1.165) is 0 Å². The molecule has 2 rings (SSSR count). The number of esters is 1. The minimum absolute atomic E-state index is 0.0898. The topological polar surface area (TPSA) is 172 Å². The number of hydrogen-bond donors (Lipinski definition) is 5. The smallest absolute Gasteiger partial charge is 0.325 e. The number of carboxylic acids is 1. The van der Waals surface area contributed by atoms with E-state index in [0.29, 0.717) is 22.5 Å². The van der Waals surface area contributed by atoms with Crippen molar-refractivity contribution in [2.75, 3.05) is 18.5 Å². The number of nitrogens with two attached hydrogens (primary N) is 1. The maximum Gasteiger partial charge on any atom is 0.325 e. The molecule has 2 aromatic carbocycles. The van der Waals surface area contributed by atoms with Gasteiger partial charge >= 0.3 is 11.9 Å². The predicted molar refractivity (Wildman–Crippen MR) is 121 cm³/mol. The van der Waals surface area contributed by atoms with E-state index in [1.807, 2.05) is 0 Å². The second-order valence-electron chi connectivity index (χ2n) is 6.74. The number of benzene rings is 2. The fourth-order valence-corrected chi connectivity index (χ4v) is 2.79. The van der Waals surface area contributed by atoms with Crippen LogP contribution in [0.25, 0.3) is 0 Å². The van der Waals surface area contributed by atoms with Crippen molar-refractivity contribution in [1.82, 2.24) is 10.7 Å². The van der Waals surface area contributed by atoms with Crippen LogP contribution in [0.1, 0.15) is 22.8 Å². The summed E-state index contributed by atoms with van der Waals surface area (Å²) in [5.74, 6) is 0.636. The highest BCUT2D eigenvalue weighted by molar-refractivity contribution is 6.04. The van der Waals surface area contributed by atoms with Gasteiger partial charge in [-0.15, -0.1) is 0 Å². The largest absolute Gasteiger partial charge is 0.481 e. The molecule has 0 aliphatic carbocycles. The highest BCUT2D eigenvalue weighted by Gasteiger charge is 2.27. The van der Waals surface area contributed by atoms with Gasteiger partial charge in [0.1, 0.15) is 18.8 Å². The molecule has 2 aromatic rings. The standard InChI is InChI=1S/C22H25N5O6/c1-2-33-19(28)12-24-21(30)18(22(31)32)10-14-6-8-16(9-7-14)27-20(29)15-4-3-5-17(11-15)25-13-26-23/h3-9,11,13,18H,2,10,12,23H2,1H3,(H,24,30)(H,25,26)(H,27,29)(H,31,32). The Kier molecular flexibility index (Phi) is 9.53. The molecule has 0 saturated heterocycles. The van der Waals surface area contributed by atoms with Crippen LogP contribution in [0.3, 0.4) is 0 Å². The summed E-state index contributed by atoms with van der Waals surface area (Å²) < 4.78 is 4.70. The van der Waals surface area contributed by atoms with E-state index < -0.39 is 30.3 Å². The minimum Gasteiger partial charge on any atom is -0.481 e. The Morgan fingerprint density at radius 3 is 2.52 bits per heavy atom. The van der Waals surface area contributed by atoms with Gasteiger partial charge in [-0.25, -0.2) is 10.8 Å². The van der Waals surface area contributed by atoms with Gasteiger partial charge in [0.2, 0.25) is 5.91 Å². The molecule has 1 unspecified atom stereocenters. The molecule has 11 nitrogen and oxygen atoms in total. The van der Waals surface area contributed by atoms with E-state index in [-0.39, 0.29) is 18.9 Å². The van der Waals surface area contributed by atoms with Gasteiger partial charge in [-0.2, -0.15) is 0 Å². The summed E-state index contributed by atoms with van der Waals surface area (Å²) in [6, 6.07) is 13.0. The number of hydrazine groups is 1. The third-order valence-electron chi connectivity index (χ3n) is 4.37. The maximum absolute atomic E-state index is 12.5. The lowest BCUT2D eigenvalue weighted by Crippen LogP contribution is -2.39. The summed E-state index contributed by atoms with van der Waals surface area (Å²) in [4.78, 5) is 51.6. The van der Waals surface area contributed by atoms with Gasteiger partial charge in [-0.1, -0.05) is 18.2 Å². The lowest BCUT2D eigenvalue weighted by atomic mass is 9.98. The zero-order valence-electron chi connectivity index (χ0n) is 17.9. The molecule has 0 aliphatic rings. The summed E-state index contributed by atoms with van der Waals surface area (Å²) in [5.41, 5.74) is 4.26. The zero-order valence-corrected chi connectivity index (χ0v) is 17.9. The average molecular weight is 455 g/mol. The molecule has 0 fully saturated rings. The van der Waals surface area contributed by atoms with Crippen molar-refractivity contribution in [3.05, 3.63) is 59.7 Å². The summed E-state index contributed by atoms with van der Waals surface area (Å²) in [7, 11) is 0. The quantitative estimate of drug-likeness (QED) is 0.0833. The van der Waals surface area contributed by atoms with E-state index in [4.69, 9.17) is 10.6 Å². The van der Waals surface area contributed by atoms with Gasteiger partial charge in [0.05, 0.1) is 12.3 Å².